The summed E-state index contributed by atoms with van der Waals surface area (Å²) >= 11 is 0. The van der Waals surface area contributed by atoms with Crippen LogP contribution in [-0.2, 0) is 11.3 Å². The lowest BCUT2D eigenvalue weighted by Crippen LogP contribution is -2.16. The molecule has 2 aromatic heterocycles. The van der Waals surface area contributed by atoms with Gasteiger partial charge in [-0.2, -0.15) is 10.2 Å². The highest BCUT2D eigenvalue weighted by atomic mass is 16.1. The third-order valence-corrected chi connectivity index (χ3v) is 3.16. The molecule has 0 unspecified atom stereocenters. The van der Waals surface area contributed by atoms with Crippen LogP contribution >= 0.6 is 0 Å². The number of nitrogens with one attached hydrogen (secondary N) is 2. The molecule has 0 aliphatic rings. The molecule has 0 fully saturated rings. The average Bonchev–Trinajstić information content (AvgIpc) is 2.83. The largest absolute Gasteiger partial charge is 0.309 e. The van der Waals surface area contributed by atoms with E-state index in [-0.39, 0.29) is 5.91 Å². The molecule has 2 heterocycles. The van der Waals surface area contributed by atoms with Crippen LogP contribution < -0.4 is 5.32 Å². The van der Waals surface area contributed by atoms with Crippen LogP contribution in [0.4, 0.5) is 5.82 Å². The third kappa shape index (κ3) is 3.01. The minimum absolute atomic E-state index is 0.0536. The van der Waals surface area contributed by atoms with Gasteiger partial charge < -0.3 is 5.32 Å². The minimum Gasteiger partial charge on any atom is -0.309 e. The third-order valence-electron chi connectivity index (χ3n) is 3.16. The molecule has 0 aliphatic carbocycles. The summed E-state index contributed by atoms with van der Waals surface area (Å²) < 4.78 is 1.84. The molecule has 6 nitrogen and oxygen atoms in total. The molecule has 2 aromatic rings. The summed E-state index contributed by atoms with van der Waals surface area (Å²) in [6, 6.07) is 2.00. The van der Waals surface area contributed by atoms with Crippen LogP contribution in [0.15, 0.2) is 6.07 Å². The van der Waals surface area contributed by atoms with Crippen LogP contribution in [0, 0.1) is 27.7 Å². The number of aryl methyl sites for hydroxylation is 4. The average molecular weight is 261 g/mol. The normalized spacial score (nSPS) is 10.7. The van der Waals surface area contributed by atoms with E-state index in [1.54, 1.807) is 0 Å². The standard InChI is InChI=1S/C13H19N5O/c1-8-7-9(2)18(17-8)6-5-12(19)14-13-10(3)11(4)15-16-13/h7H,5-6H2,1-4H3,(H2,14,15,16,19). The highest BCUT2D eigenvalue weighted by molar-refractivity contribution is 5.90. The van der Waals surface area contributed by atoms with Gasteiger partial charge in [-0.25, -0.2) is 0 Å². The second-order valence-electron chi connectivity index (χ2n) is 4.77. The SMILES string of the molecule is Cc1cc(C)n(CCC(=O)Nc2n[nH]c(C)c2C)n1. The number of H-pyrrole nitrogens is 1. The van der Waals surface area contributed by atoms with E-state index in [0.717, 1.165) is 22.6 Å². The van der Waals surface area contributed by atoms with Crippen molar-refractivity contribution in [2.24, 2.45) is 0 Å². The molecule has 0 aromatic carbocycles. The zero-order valence-electron chi connectivity index (χ0n) is 11.7. The number of aromatic nitrogens is 4. The van der Waals surface area contributed by atoms with E-state index in [2.05, 4.69) is 20.6 Å². The molecule has 0 saturated carbocycles. The number of aromatic amines is 1. The second-order valence-corrected chi connectivity index (χ2v) is 4.77. The molecular formula is C13H19N5O. The topological polar surface area (TPSA) is 75.6 Å². The van der Waals surface area contributed by atoms with Crippen molar-refractivity contribution in [3.05, 3.63) is 28.7 Å². The Bertz CT molecular complexity index is 596. The van der Waals surface area contributed by atoms with Gasteiger partial charge in [0.25, 0.3) is 0 Å². The first-order chi connectivity index (χ1) is 8.97. The van der Waals surface area contributed by atoms with Crippen molar-refractivity contribution in [3.8, 4) is 0 Å². The molecule has 0 atom stereocenters. The zero-order chi connectivity index (χ0) is 14.0. The van der Waals surface area contributed by atoms with E-state index in [1.807, 2.05) is 38.4 Å². The zero-order valence-corrected chi connectivity index (χ0v) is 11.7. The van der Waals surface area contributed by atoms with Gasteiger partial charge in [-0.15, -0.1) is 0 Å². The van der Waals surface area contributed by atoms with Crippen molar-refractivity contribution in [1.29, 1.82) is 0 Å². The molecule has 2 N–H and O–H groups in total. The van der Waals surface area contributed by atoms with Gasteiger partial charge >= 0.3 is 0 Å². The summed E-state index contributed by atoms with van der Waals surface area (Å²) in [5.41, 5.74) is 3.97. The molecule has 0 saturated heterocycles. The Labute approximate surface area is 112 Å². The Morgan fingerprint density at radius 1 is 1.37 bits per heavy atom. The lowest BCUT2D eigenvalue weighted by Gasteiger charge is -2.05. The van der Waals surface area contributed by atoms with Crippen LogP contribution in [0.1, 0.15) is 29.1 Å². The number of amides is 1. The highest BCUT2D eigenvalue weighted by Gasteiger charge is 2.10. The summed E-state index contributed by atoms with van der Waals surface area (Å²) in [5, 5.41) is 14.0. The maximum absolute atomic E-state index is 11.9. The number of carbonyl (C=O) groups is 1. The van der Waals surface area contributed by atoms with Gasteiger partial charge in [-0.05, 0) is 33.8 Å². The van der Waals surface area contributed by atoms with Crippen LogP contribution in [0.3, 0.4) is 0 Å². The van der Waals surface area contributed by atoms with E-state index in [1.165, 1.54) is 0 Å². The van der Waals surface area contributed by atoms with Crippen molar-refractivity contribution < 1.29 is 4.79 Å². The smallest absolute Gasteiger partial charge is 0.227 e. The van der Waals surface area contributed by atoms with Gasteiger partial charge in [0, 0.05) is 29.9 Å². The van der Waals surface area contributed by atoms with E-state index >= 15 is 0 Å². The van der Waals surface area contributed by atoms with Crippen molar-refractivity contribution in [2.75, 3.05) is 5.32 Å². The molecule has 102 valence electrons. The van der Waals surface area contributed by atoms with E-state index in [0.29, 0.717) is 18.8 Å². The van der Waals surface area contributed by atoms with Gasteiger partial charge in [0.1, 0.15) is 0 Å². The summed E-state index contributed by atoms with van der Waals surface area (Å²) in [6.07, 6.45) is 0.382. The first-order valence-electron chi connectivity index (χ1n) is 6.30. The molecule has 0 spiro atoms. The van der Waals surface area contributed by atoms with Crippen molar-refractivity contribution in [1.82, 2.24) is 20.0 Å². The van der Waals surface area contributed by atoms with E-state index < -0.39 is 0 Å². The second kappa shape index (κ2) is 5.26. The molecule has 0 radical (unpaired) electrons. The van der Waals surface area contributed by atoms with Crippen LogP contribution in [0.25, 0.3) is 0 Å². The van der Waals surface area contributed by atoms with Crippen LogP contribution in [0.2, 0.25) is 0 Å². The molecular weight excluding hydrogens is 242 g/mol. The van der Waals surface area contributed by atoms with Crippen molar-refractivity contribution in [2.45, 2.75) is 40.7 Å². The summed E-state index contributed by atoms with van der Waals surface area (Å²) in [4.78, 5) is 11.9. The number of hydrogen-bond acceptors (Lipinski definition) is 3. The lowest BCUT2D eigenvalue weighted by molar-refractivity contribution is -0.116. The van der Waals surface area contributed by atoms with Crippen LogP contribution in [0.5, 0.6) is 0 Å². The maximum Gasteiger partial charge on any atom is 0.227 e. The van der Waals surface area contributed by atoms with E-state index in [9.17, 15) is 4.79 Å². The van der Waals surface area contributed by atoms with Gasteiger partial charge in [-0.3, -0.25) is 14.6 Å². The van der Waals surface area contributed by atoms with E-state index in [4.69, 9.17) is 0 Å². The number of anilines is 1. The lowest BCUT2D eigenvalue weighted by atomic mass is 10.2. The monoisotopic (exact) mass is 261 g/mol. The highest BCUT2D eigenvalue weighted by Crippen LogP contribution is 2.14. The number of rotatable bonds is 4. The number of hydrogen-bond donors (Lipinski definition) is 2. The first kappa shape index (κ1) is 13.3. The summed E-state index contributed by atoms with van der Waals surface area (Å²) in [7, 11) is 0. The fourth-order valence-corrected chi connectivity index (χ4v) is 1.91. The number of nitrogens with zero attached hydrogens (tertiary/aromatic N) is 3. The number of carbonyl (C=O) groups excluding carboxylic acids is 1. The fourth-order valence-electron chi connectivity index (χ4n) is 1.91. The van der Waals surface area contributed by atoms with Gasteiger partial charge in [0.15, 0.2) is 5.82 Å². The fraction of sp³-hybridized carbons (Fsp3) is 0.462. The molecule has 0 aliphatic heterocycles. The van der Waals surface area contributed by atoms with Gasteiger partial charge in [-0.1, -0.05) is 0 Å². The molecule has 6 heteroatoms. The quantitative estimate of drug-likeness (QED) is 0.882. The predicted molar refractivity (Wildman–Crippen MR) is 73.0 cm³/mol. The van der Waals surface area contributed by atoms with Crippen molar-refractivity contribution in [3.63, 3.8) is 0 Å². The molecule has 1 amide bonds. The Hall–Kier alpha value is -2.11. The Balaban J connectivity index is 1.92. The summed E-state index contributed by atoms with van der Waals surface area (Å²) in [5.74, 6) is 0.554. The Kier molecular flexibility index (Phi) is 3.69. The Morgan fingerprint density at radius 3 is 2.63 bits per heavy atom. The maximum atomic E-state index is 11.9. The van der Waals surface area contributed by atoms with Gasteiger partial charge in [0.2, 0.25) is 5.91 Å². The molecule has 0 bridgehead atoms. The Morgan fingerprint density at radius 2 is 2.11 bits per heavy atom. The summed E-state index contributed by atoms with van der Waals surface area (Å²) in [6.45, 7) is 8.36. The van der Waals surface area contributed by atoms with Crippen molar-refractivity contribution >= 4 is 11.7 Å². The predicted octanol–water partition coefficient (Wildman–Crippen LogP) is 1.87. The van der Waals surface area contributed by atoms with Gasteiger partial charge in [0.05, 0.1) is 5.69 Å². The first-order valence-corrected chi connectivity index (χ1v) is 6.30. The minimum atomic E-state index is -0.0536. The van der Waals surface area contributed by atoms with Crippen LogP contribution in [-0.4, -0.2) is 25.9 Å². The molecule has 2 rings (SSSR count). The molecule has 19 heavy (non-hydrogen) atoms.